The normalized spacial score (nSPS) is 12.4. The van der Waals surface area contributed by atoms with Gasteiger partial charge in [0, 0.05) is 72.0 Å². The number of benzene rings is 7. The number of rotatable bonds is 59. The van der Waals surface area contributed by atoms with E-state index < -0.39 is 50.7 Å². The molecule has 0 aliphatic heterocycles. The van der Waals surface area contributed by atoms with E-state index >= 15 is 0 Å². The van der Waals surface area contributed by atoms with Crippen LogP contribution in [-0.4, -0.2) is 92.7 Å². The highest BCUT2D eigenvalue weighted by Crippen LogP contribution is 2.37. The Morgan fingerprint density at radius 1 is 0.286 bits per heavy atom. The lowest BCUT2D eigenvalue weighted by Crippen LogP contribution is -2.12. The van der Waals surface area contributed by atoms with Crippen LogP contribution < -0.4 is 37.2 Å². The smallest absolute Gasteiger partial charge is 0.376 e. The van der Waals surface area contributed by atoms with Gasteiger partial charge in [-0.05, 0) is 155 Å². The van der Waals surface area contributed by atoms with E-state index in [0.29, 0.717) is 89.7 Å². The van der Waals surface area contributed by atoms with Crippen LogP contribution in [0.3, 0.4) is 0 Å². The number of aryl methyl sites for hydroxylation is 2. The predicted molar refractivity (Wildman–Crippen MR) is 567 cm³/mol. The van der Waals surface area contributed by atoms with Crippen LogP contribution in [0.2, 0.25) is 0 Å². The van der Waals surface area contributed by atoms with Gasteiger partial charge >= 0.3 is 6.18 Å². The summed E-state index contributed by atoms with van der Waals surface area (Å²) in [6.07, 6.45) is 30.1. The van der Waals surface area contributed by atoms with Crippen molar-refractivity contribution in [1.29, 1.82) is 0 Å². The number of nitrogens with zero attached hydrogens (tertiary/aromatic N) is 3. The summed E-state index contributed by atoms with van der Waals surface area (Å²) in [6, 6.07) is 34.0. The molecule has 0 aromatic heterocycles. The highest BCUT2D eigenvalue weighted by Gasteiger charge is 2.34. The molecule has 133 heavy (non-hydrogen) atoms. The summed E-state index contributed by atoms with van der Waals surface area (Å²) in [4.78, 5) is 30.9. The molecule has 16 nitrogen and oxygen atoms in total. The van der Waals surface area contributed by atoms with Crippen molar-refractivity contribution in [3.8, 4) is 0 Å². The number of thioether (sulfide) groups is 7. The molecule has 0 unspecified atom stereocenters. The maximum atomic E-state index is 13.6. The summed E-state index contributed by atoms with van der Waals surface area (Å²) in [7, 11) is 0. The van der Waals surface area contributed by atoms with Gasteiger partial charge in [0.25, 0.3) is 17.1 Å². The number of hydrogen-bond donors (Lipinski definition) is 7. The fraction of sp³-hybridized carbons (Fsp3) is 0.584. The molecule has 0 aliphatic rings. The van der Waals surface area contributed by atoms with Gasteiger partial charge in [0.2, 0.25) is 0 Å². The Balaban J connectivity index is 0.000000777. The van der Waals surface area contributed by atoms with E-state index in [4.69, 9.17) is 0 Å². The molecule has 0 radical (unpaired) electrons. The SMILES string of the molecule is CCCCC[C@H](C)SCNc1ccc(C)cc1.CCCCC[C@H](C)SCNc1ccc(C)cc1[N+](=O)[O-].CCCCC[C@H](C)SCNc1ccc(F)cc1.CCCCC[C@H](C)SCNc1ccc(F)cc1C(F)(F)F.CCCCC[C@H](C)SCNc1ccc(F)cc1F.CCCCC[C@H](C)SCNc1ccc(F)cc1[N+](=O)[O-].CCCCC[C@H](C)SCNc1ccc([N+](=O)[O-])cc1F. The second kappa shape index (κ2) is 77.1. The average molecular weight is 2000 g/mol. The summed E-state index contributed by atoms with van der Waals surface area (Å²) >= 11 is 12.5. The van der Waals surface area contributed by atoms with Crippen LogP contribution in [0.4, 0.5) is 96.4 Å². The van der Waals surface area contributed by atoms with Crippen LogP contribution in [0.15, 0.2) is 140 Å². The lowest BCUT2D eigenvalue weighted by Gasteiger charge is -2.16. The third-order valence-electron chi connectivity index (χ3n) is 20.7. The van der Waals surface area contributed by atoms with E-state index in [1.54, 1.807) is 71.3 Å². The highest BCUT2D eigenvalue weighted by atomic mass is 32.2. The Bertz CT molecular complexity index is 4040. The van der Waals surface area contributed by atoms with Gasteiger partial charge in [-0.2, -0.15) is 13.2 Å². The molecule has 7 aromatic rings. The number of hydrogen-bond acceptors (Lipinski definition) is 20. The number of anilines is 7. The quantitative estimate of drug-likeness (QED) is 0.00621. The van der Waals surface area contributed by atoms with E-state index in [0.717, 1.165) is 90.7 Å². The van der Waals surface area contributed by atoms with Crippen molar-refractivity contribution in [2.45, 2.75) is 333 Å². The van der Waals surface area contributed by atoms with Gasteiger partial charge in [-0.25, -0.2) is 26.3 Å². The van der Waals surface area contributed by atoms with Crippen molar-refractivity contribution in [3.63, 3.8) is 0 Å². The van der Waals surface area contributed by atoms with Gasteiger partial charge in [0.15, 0.2) is 5.82 Å². The van der Waals surface area contributed by atoms with E-state index in [1.165, 1.54) is 207 Å². The lowest BCUT2D eigenvalue weighted by atomic mass is 10.1. The minimum absolute atomic E-state index is 0.0721. The van der Waals surface area contributed by atoms with E-state index in [-0.39, 0.29) is 33.5 Å². The Labute approximate surface area is 821 Å². The molecule has 7 rings (SSSR count). The molecule has 0 fully saturated rings. The molecule has 0 spiro atoms. The van der Waals surface area contributed by atoms with Crippen LogP contribution in [-0.2, 0) is 6.18 Å². The van der Waals surface area contributed by atoms with Gasteiger partial charge in [-0.1, -0.05) is 256 Å². The molecular weight excluding hydrogens is 1840 g/mol. The van der Waals surface area contributed by atoms with Crippen molar-refractivity contribution in [2.75, 3.05) is 78.4 Å². The number of non-ortho nitro benzene ring substituents is 1. The summed E-state index contributed by atoms with van der Waals surface area (Å²) in [6.45, 7) is 34.7. The molecule has 0 aliphatic carbocycles. The van der Waals surface area contributed by atoms with Crippen molar-refractivity contribution >= 4 is 139 Å². The largest absolute Gasteiger partial charge is 0.418 e. The van der Waals surface area contributed by atoms with E-state index in [1.807, 2.05) is 48.3 Å². The molecule has 7 aromatic carbocycles. The second-order valence-electron chi connectivity index (χ2n) is 32.9. The average Bonchev–Trinajstić information content (AvgIpc) is 0.792. The van der Waals surface area contributed by atoms with Crippen molar-refractivity contribution in [2.24, 2.45) is 0 Å². The fourth-order valence-electron chi connectivity index (χ4n) is 12.5. The maximum Gasteiger partial charge on any atom is 0.418 e. The molecule has 7 atom stereocenters. The summed E-state index contributed by atoms with van der Waals surface area (Å²) in [5.74, 6) is 1.49. The summed E-state index contributed by atoms with van der Waals surface area (Å²) in [5, 5.41) is 58.0. The van der Waals surface area contributed by atoms with Crippen LogP contribution in [0, 0.1) is 79.1 Å². The Morgan fingerprint density at radius 2 is 0.541 bits per heavy atom. The van der Waals surface area contributed by atoms with Gasteiger partial charge in [0.1, 0.15) is 40.5 Å². The van der Waals surface area contributed by atoms with Gasteiger partial charge in [0.05, 0.1) is 85.0 Å². The van der Waals surface area contributed by atoms with Crippen LogP contribution >= 0.6 is 82.3 Å². The monoisotopic (exact) mass is 2000 g/mol. The van der Waals surface area contributed by atoms with Gasteiger partial charge < -0.3 is 37.2 Å². The molecule has 32 heteroatoms. The zero-order valence-electron chi connectivity index (χ0n) is 81.6. The first-order valence-corrected chi connectivity index (χ1v) is 54.6. The number of nitro benzene ring substituents is 3. The molecule has 750 valence electrons. The first-order valence-electron chi connectivity index (χ1n) is 47.3. The molecule has 0 saturated heterocycles. The van der Waals surface area contributed by atoms with Gasteiger partial charge in [-0.3, -0.25) is 30.3 Å². The first-order chi connectivity index (χ1) is 63.5. The Morgan fingerprint density at radius 3 is 0.857 bits per heavy atom. The van der Waals surface area contributed by atoms with Crippen molar-refractivity contribution < 1.29 is 54.3 Å². The van der Waals surface area contributed by atoms with E-state index in [2.05, 4.69) is 165 Å². The van der Waals surface area contributed by atoms with E-state index in [9.17, 15) is 69.9 Å². The van der Waals surface area contributed by atoms with Gasteiger partial charge in [-0.15, -0.1) is 82.3 Å². The maximum absolute atomic E-state index is 13.6. The first kappa shape index (κ1) is 124. The fourth-order valence-corrected chi connectivity index (χ4v) is 18.5. The minimum atomic E-state index is -4.55. The molecule has 0 saturated carbocycles. The lowest BCUT2D eigenvalue weighted by molar-refractivity contribution is -0.385. The zero-order valence-corrected chi connectivity index (χ0v) is 87.3. The molecule has 0 bridgehead atoms. The number of nitrogens with one attached hydrogen (secondary N) is 7. The third-order valence-corrected chi connectivity index (χ3v) is 28.5. The van der Waals surface area contributed by atoms with Crippen LogP contribution in [0.1, 0.15) is 293 Å². The summed E-state index contributed by atoms with van der Waals surface area (Å²) in [5.41, 5.74) is 4.76. The number of unbranched alkanes of at least 4 members (excludes halogenated alkanes) is 14. The number of nitro groups is 3. The molecule has 0 amide bonds. The standard InChI is InChI=1S/C15H21F4NS.C15H24N2O2S.C15H25NS.C14H21F2NS.2C14H21FN2O2S.C14H22FNS/c1-3-4-5-6-11(2)21-10-20-14-8-7-12(16)9-13(14)15(17,18)19;1-4-5-6-7-13(3)20-11-16-14-9-8-12(2)10-15(14)17(18)19;1-4-5-6-7-14(3)17-12-16-15-10-8-13(2)9-11-15;1-3-4-5-6-11(2)18-10-17-14-8-7-12(15)9-13(14)16;1-3-4-5-6-11(2)20-10-16-14-8-7-12(17(18)19)9-13(14)15;1-3-4-5-6-11(2)20-10-16-13-8-7-12(15)9-14(13)17(18)19;1-3-4-5-6-12(2)17-11-16-14-9-7-13(15)8-10-14/h7-9,11,20H,3-6,10H2,1-2H3;8-10,13,16H,4-7,11H2,1-3H3;8-11,14,16H,4-7,12H2,1-3H3;7-9,11,17H,3-6,10H2,1-2H3;2*7-9,11,16H,3-6,10H2,1-2H3;7-10,12,16H,3-6,11H2,1-2H3/t11-;13-;14-;3*11-;12-/m0000000/s1. The topological polar surface area (TPSA) is 214 Å². The Kier molecular flexibility index (Phi) is 72.0. The number of halogens is 9. The molecule has 7 N–H and O–H groups in total. The summed E-state index contributed by atoms with van der Waals surface area (Å²) < 4.78 is 117. The zero-order chi connectivity index (χ0) is 99.2. The second-order valence-corrected chi connectivity index (χ2v) is 42.8. The number of alkyl halides is 3. The highest BCUT2D eigenvalue weighted by molar-refractivity contribution is 8.01. The predicted octanol–water partition coefficient (Wildman–Crippen LogP) is 35.5. The van der Waals surface area contributed by atoms with Crippen molar-refractivity contribution in [3.05, 3.63) is 221 Å². The molecular formula is C101H155F9N10O6S7. The van der Waals surface area contributed by atoms with Crippen LogP contribution in [0.25, 0.3) is 0 Å². The van der Waals surface area contributed by atoms with Crippen molar-refractivity contribution in [1.82, 2.24) is 0 Å². The minimum Gasteiger partial charge on any atom is -0.376 e. The third kappa shape index (κ3) is 63.3. The Hall–Kier alpha value is -6.84. The van der Waals surface area contributed by atoms with Crippen LogP contribution in [0.5, 0.6) is 0 Å². The molecule has 0 heterocycles.